The Morgan fingerprint density at radius 2 is 1.95 bits per heavy atom. The minimum absolute atomic E-state index is 0.215. The predicted octanol–water partition coefficient (Wildman–Crippen LogP) is 4.33. The summed E-state index contributed by atoms with van der Waals surface area (Å²) in [5, 5.41) is 1.06. The highest BCUT2D eigenvalue weighted by Gasteiger charge is 2.11. The summed E-state index contributed by atoms with van der Waals surface area (Å²) in [6, 6.07) is 9.89. The molecule has 0 aliphatic carbocycles. The van der Waals surface area contributed by atoms with Gasteiger partial charge in [-0.25, -0.2) is 4.79 Å². The molecular weight excluding hydrogens is 325 g/mol. The molecule has 0 saturated carbocycles. The third-order valence-electron chi connectivity index (χ3n) is 2.92. The molecule has 0 aliphatic heterocycles. The molecule has 2 rings (SSSR count). The third kappa shape index (κ3) is 4.06. The molecule has 6 heteroatoms. The van der Waals surface area contributed by atoms with E-state index in [9.17, 15) is 4.79 Å². The zero-order valence-corrected chi connectivity index (χ0v) is 13.4. The Labute approximate surface area is 138 Å². The van der Waals surface area contributed by atoms with Crippen LogP contribution in [0.3, 0.4) is 0 Å². The predicted molar refractivity (Wildman–Crippen MR) is 87.6 cm³/mol. The first-order chi connectivity index (χ1) is 10.5. The van der Waals surface area contributed by atoms with Crippen LogP contribution < -0.4 is 10.5 Å². The maximum Gasteiger partial charge on any atom is 0.338 e. The maximum atomic E-state index is 11.7. The van der Waals surface area contributed by atoms with Crippen LogP contribution in [0.2, 0.25) is 10.0 Å². The summed E-state index contributed by atoms with van der Waals surface area (Å²) in [4.78, 5) is 11.7. The topological polar surface area (TPSA) is 61.5 Å². The van der Waals surface area contributed by atoms with E-state index in [0.29, 0.717) is 33.7 Å². The standard InChI is InChI=1S/C16H15Cl2NO3/c1-2-21-16(20)10-4-6-14(19)15(7-10)22-9-11-3-5-12(17)8-13(11)18/h3-8H,2,9,19H2,1H3. The van der Waals surface area contributed by atoms with E-state index in [-0.39, 0.29) is 6.61 Å². The first kappa shape index (κ1) is 16.5. The lowest BCUT2D eigenvalue weighted by Crippen LogP contribution is -2.06. The van der Waals surface area contributed by atoms with E-state index in [4.69, 9.17) is 38.4 Å². The number of esters is 1. The maximum absolute atomic E-state index is 11.7. The van der Waals surface area contributed by atoms with Gasteiger partial charge in [0.05, 0.1) is 17.9 Å². The van der Waals surface area contributed by atoms with E-state index in [1.807, 2.05) is 0 Å². The minimum atomic E-state index is -0.420. The SMILES string of the molecule is CCOC(=O)c1ccc(N)c(OCc2ccc(Cl)cc2Cl)c1. The Balaban J connectivity index is 2.15. The fourth-order valence-corrected chi connectivity index (χ4v) is 2.26. The van der Waals surface area contributed by atoms with Crippen LogP contribution in [0.15, 0.2) is 36.4 Å². The lowest BCUT2D eigenvalue weighted by Gasteiger charge is -2.11. The second-order valence-corrected chi connectivity index (χ2v) is 5.34. The van der Waals surface area contributed by atoms with E-state index < -0.39 is 5.97 Å². The van der Waals surface area contributed by atoms with Crippen molar-refractivity contribution in [1.82, 2.24) is 0 Å². The number of hydrogen-bond donors (Lipinski definition) is 1. The molecule has 0 unspecified atom stereocenters. The van der Waals surface area contributed by atoms with Crippen molar-refractivity contribution in [2.75, 3.05) is 12.3 Å². The fraction of sp³-hybridized carbons (Fsp3) is 0.188. The normalized spacial score (nSPS) is 10.3. The van der Waals surface area contributed by atoms with Crippen molar-refractivity contribution in [2.24, 2.45) is 0 Å². The quantitative estimate of drug-likeness (QED) is 0.650. The van der Waals surface area contributed by atoms with Gasteiger partial charge in [0.1, 0.15) is 12.4 Å². The van der Waals surface area contributed by atoms with Gasteiger partial charge in [0.25, 0.3) is 0 Å². The third-order valence-corrected chi connectivity index (χ3v) is 3.51. The van der Waals surface area contributed by atoms with Gasteiger partial charge < -0.3 is 15.2 Å². The van der Waals surface area contributed by atoms with Crippen molar-refractivity contribution in [2.45, 2.75) is 13.5 Å². The van der Waals surface area contributed by atoms with Crippen molar-refractivity contribution in [3.63, 3.8) is 0 Å². The summed E-state index contributed by atoms with van der Waals surface area (Å²) in [7, 11) is 0. The first-order valence-electron chi connectivity index (χ1n) is 6.64. The van der Waals surface area contributed by atoms with E-state index in [1.54, 1.807) is 43.3 Å². The van der Waals surface area contributed by atoms with Crippen LogP contribution in [0.5, 0.6) is 5.75 Å². The summed E-state index contributed by atoms with van der Waals surface area (Å²) >= 11 is 11.9. The number of nitrogens with two attached hydrogens (primary N) is 1. The number of carbonyl (C=O) groups excluding carboxylic acids is 1. The van der Waals surface area contributed by atoms with Crippen molar-refractivity contribution < 1.29 is 14.3 Å². The molecule has 0 fully saturated rings. The zero-order valence-electron chi connectivity index (χ0n) is 11.9. The van der Waals surface area contributed by atoms with E-state index >= 15 is 0 Å². The molecule has 2 N–H and O–H groups in total. The van der Waals surface area contributed by atoms with Crippen LogP contribution in [0.4, 0.5) is 5.69 Å². The van der Waals surface area contributed by atoms with E-state index in [1.165, 1.54) is 0 Å². The summed E-state index contributed by atoms with van der Waals surface area (Å²) in [5.41, 5.74) is 7.44. The molecule has 0 aliphatic rings. The number of benzene rings is 2. The van der Waals surface area contributed by atoms with Crippen LogP contribution in [0, 0.1) is 0 Å². The molecule has 116 valence electrons. The molecule has 0 amide bonds. The average molecular weight is 340 g/mol. The Morgan fingerprint density at radius 3 is 2.64 bits per heavy atom. The molecule has 0 saturated heterocycles. The molecule has 0 atom stereocenters. The minimum Gasteiger partial charge on any atom is -0.487 e. The number of rotatable bonds is 5. The summed E-state index contributed by atoms with van der Waals surface area (Å²) in [5.74, 6) is -0.0200. The lowest BCUT2D eigenvalue weighted by molar-refractivity contribution is 0.0526. The molecule has 0 spiro atoms. The van der Waals surface area contributed by atoms with Gasteiger partial charge in [-0.15, -0.1) is 0 Å². The van der Waals surface area contributed by atoms with Crippen LogP contribution in [-0.2, 0) is 11.3 Å². The zero-order chi connectivity index (χ0) is 16.1. The van der Waals surface area contributed by atoms with Crippen molar-refractivity contribution in [1.29, 1.82) is 0 Å². The largest absolute Gasteiger partial charge is 0.487 e. The van der Waals surface area contributed by atoms with Crippen molar-refractivity contribution in [3.05, 3.63) is 57.6 Å². The Kier molecular flexibility index (Phi) is 5.52. The van der Waals surface area contributed by atoms with Crippen molar-refractivity contribution in [3.8, 4) is 5.75 Å². The van der Waals surface area contributed by atoms with Crippen LogP contribution >= 0.6 is 23.2 Å². The van der Waals surface area contributed by atoms with Gasteiger partial charge in [0, 0.05) is 15.6 Å². The molecule has 0 radical (unpaired) electrons. The van der Waals surface area contributed by atoms with E-state index in [2.05, 4.69) is 0 Å². The highest BCUT2D eigenvalue weighted by Crippen LogP contribution is 2.26. The average Bonchev–Trinajstić information content (AvgIpc) is 2.48. The number of anilines is 1. The Bertz CT molecular complexity index is 689. The van der Waals surface area contributed by atoms with Gasteiger partial charge in [0.2, 0.25) is 0 Å². The Morgan fingerprint density at radius 1 is 1.18 bits per heavy atom. The molecule has 0 aromatic heterocycles. The molecular formula is C16H15Cl2NO3. The molecule has 22 heavy (non-hydrogen) atoms. The molecule has 4 nitrogen and oxygen atoms in total. The van der Waals surface area contributed by atoms with Gasteiger partial charge in [-0.05, 0) is 37.3 Å². The highest BCUT2D eigenvalue weighted by atomic mass is 35.5. The van der Waals surface area contributed by atoms with Gasteiger partial charge >= 0.3 is 5.97 Å². The van der Waals surface area contributed by atoms with Gasteiger partial charge in [0.15, 0.2) is 0 Å². The molecule has 0 heterocycles. The first-order valence-corrected chi connectivity index (χ1v) is 7.40. The van der Waals surface area contributed by atoms with E-state index in [0.717, 1.165) is 5.56 Å². The van der Waals surface area contributed by atoms with Crippen LogP contribution in [-0.4, -0.2) is 12.6 Å². The fourth-order valence-electron chi connectivity index (χ4n) is 1.80. The van der Waals surface area contributed by atoms with Gasteiger partial charge in [-0.1, -0.05) is 29.3 Å². The van der Waals surface area contributed by atoms with Gasteiger partial charge in [-0.3, -0.25) is 0 Å². The van der Waals surface area contributed by atoms with Gasteiger partial charge in [-0.2, -0.15) is 0 Å². The summed E-state index contributed by atoms with van der Waals surface area (Å²) in [6.07, 6.45) is 0. The molecule has 0 bridgehead atoms. The Hall–Kier alpha value is -1.91. The van der Waals surface area contributed by atoms with Crippen molar-refractivity contribution >= 4 is 34.9 Å². The number of ether oxygens (including phenoxy) is 2. The second-order valence-electron chi connectivity index (χ2n) is 4.50. The van der Waals surface area contributed by atoms with Crippen LogP contribution in [0.1, 0.15) is 22.8 Å². The number of hydrogen-bond acceptors (Lipinski definition) is 4. The smallest absolute Gasteiger partial charge is 0.338 e. The monoisotopic (exact) mass is 339 g/mol. The second kappa shape index (κ2) is 7.38. The molecule has 2 aromatic rings. The summed E-state index contributed by atoms with van der Waals surface area (Å²) in [6.45, 7) is 2.27. The molecule has 2 aromatic carbocycles. The highest BCUT2D eigenvalue weighted by molar-refractivity contribution is 6.35. The number of carbonyl (C=O) groups is 1. The lowest BCUT2D eigenvalue weighted by atomic mass is 10.2. The number of nitrogen functional groups attached to an aromatic ring is 1. The number of halogens is 2. The van der Waals surface area contributed by atoms with Crippen LogP contribution in [0.25, 0.3) is 0 Å². The summed E-state index contributed by atoms with van der Waals surface area (Å²) < 4.78 is 10.6.